The van der Waals surface area contributed by atoms with Gasteiger partial charge in [-0.15, -0.1) is 0 Å². The maximum absolute atomic E-state index is 2.73. The van der Waals surface area contributed by atoms with E-state index in [-0.39, 0.29) is 0 Å². The summed E-state index contributed by atoms with van der Waals surface area (Å²) in [5, 5.41) is 0. The lowest BCUT2D eigenvalue weighted by Gasteiger charge is -2.29. The molecule has 94 valence electrons. The minimum atomic E-state index is 0.891. The topological polar surface area (TPSA) is 6.48 Å². The highest BCUT2D eigenvalue weighted by atomic mass is 15.2. The Morgan fingerprint density at radius 2 is 1.25 bits per heavy atom. The molecule has 0 aromatic heterocycles. The summed E-state index contributed by atoms with van der Waals surface area (Å²) in [6, 6.07) is 1.78. The second kappa shape index (κ2) is 6.02. The number of hydrogen-bond acceptors (Lipinski definition) is 2. The molecule has 0 spiro atoms. The second-order valence-corrected chi connectivity index (χ2v) is 5.48. The molecule has 2 fully saturated rings. The Morgan fingerprint density at radius 3 is 1.62 bits per heavy atom. The molecule has 2 unspecified atom stereocenters. The van der Waals surface area contributed by atoms with Crippen molar-refractivity contribution >= 4 is 0 Å². The van der Waals surface area contributed by atoms with Crippen molar-refractivity contribution in [3.8, 4) is 0 Å². The fraction of sp³-hybridized carbons (Fsp3) is 1.00. The van der Waals surface area contributed by atoms with Crippen molar-refractivity contribution in [1.29, 1.82) is 0 Å². The summed E-state index contributed by atoms with van der Waals surface area (Å²) in [5.41, 5.74) is 0. The lowest BCUT2D eigenvalue weighted by atomic mass is 10.1. The van der Waals surface area contributed by atoms with E-state index in [2.05, 4.69) is 23.6 Å². The summed E-state index contributed by atoms with van der Waals surface area (Å²) >= 11 is 0. The van der Waals surface area contributed by atoms with Crippen molar-refractivity contribution in [2.45, 2.75) is 64.5 Å². The first-order chi connectivity index (χ1) is 7.85. The highest BCUT2D eigenvalue weighted by molar-refractivity contribution is 4.82. The van der Waals surface area contributed by atoms with Gasteiger partial charge in [-0.05, 0) is 51.6 Å². The number of nitrogens with zero attached hydrogens (tertiary/aromatic N) is 2. The molecule has 2 rings (SSSR count). The van der Waals surface area contributed by atoms with Gasteiger partial charge in [0.2, 0.25) is 0 Å². The van der Waals surface area contributed by atoms with Crippen LogP contribution in [0.1, 0.15) is 52.4 Å². The van der Waals surface area contributed by atoms with E-state index >= 15 is 0 Å². The molecule has 16 heavy (non-hydrogen) atoms. The molecule has 0 N–H and O–H groups in total. The molecule has 0 aromatic rings. The maximum Gasteiger partial charge on any atom is 0.0112 e. The highest BCUT2D eigenvalue weighted by Gasteiger charge is 2.26. The molecule has 0 saturated carbocycles. The summed E-state index contributed by atoms with van der Waals surface area (Å²) in [5.74, 6) is 0. The first-order valence-corrected chi connectivity index (χ1v) is 7.33. The molecule has 0 aromatic carbocycles. The van der Waals surface area contributed by atoms with Crippen LogP contribution >= 0.6 is 0 Å². The molecule has 2 aliphatic rings. The van der Waals surface area contributed by atoms with Gasteiger partial charge in [0.05, 0.1) is 0 Å². The first kappa shape index (κ1) is 12.4. The van der Waals surface area contributed by atoms with Crippen molar-refractivity contribution in [2.75, 3.05) is 26.2 Å². The fourth-order valence-electron chi connectivity index (χ4n) is 3.56. The summed E-state index contributed by atoms with van der Waals surface area (Å²) in [6.45, 7) is 10.0. The van der Waals surface area contributed by atoms with E-state index in [1.807, 2.05) is 0 Å². The summed E-state index contributed by atoms with van der Waals surface area (Å²) in [7, 11) is 0. The lowest BCUT2D eigenvalue weighted by molar-refractivity contribution is 0.179. The Balaban J connectivity index is 1.74. The van der Waals surface area contributed by atoms with Crippen LogP contribution in [0.3, 0.4) is 0 Å². The summed E-state index contributed by atoms with van der Waals surface area (Å²) in [4.78, 5) is 5.45. The molecule has 2 heterocycles. The zero-order valence-electron chi connectivity index (χ0n) is 11.1. The van der Waals surface area contributed by atoms with Gasteiger partial charge in [-0.25, -0.2) is 0 Å². The van der Waals surface area contributed by atoms with Crippen molar-refractivity contribution in [2.24, 2.45) is 0 Å². The van der Waals surface area contributed by atoms with Gasteiger partial charge >= 0.3 is 0 Å². The van der Waals surface area contributed by atoms with Crippen molar-refractivity contribution in [3.05, 3.63) is 0 Å². The third-order valence-corrected chi connectivity index (χ3v) is 4.62. The molecule has 2 saturated heterocycles. The Labute approximate surface area is 101 Å². The monoisotopic (exact) mass is 224 g/mol. The van der Waals surface area contributed by atoms with E-state index in [1.54, 1.807) is 0 Å². The highest BCUT2D eigenvalue weighted by Crippen LogP contribution is 2.22. The predicted molar refractivity (Wildman–Crippen MR) is 69.8 cm³/mol. The van der Waals surface area contributed by atoms with E-state index < -0.39 is 0 Å². The second-order valence-electron chi connectivity index (χ2n) is 5.48. The van der Waals surface area contributed by atoms with Crippen LogP contribution in [-0.2, 0) is 0 Å². The Hall–Kier alpha value is -0.0800. The molecule has 2 atom stereocenters. The Kier molecular flexibility index (Phi) is 4.66. The smallest absolute Gasteiger partial charge is 0.0112 e. The average molecular weight is 224 g/mol. The van der Waals surface area contributed by atoms with Crippen LogP contribution in [0.2, 0.25) is 0 Å². The van der Waals surface area contributed by atoms with Crippen LogP contribution in [-0.4, -0.2) is 48.1 Å². The van der Waals surface area contributed by atoms with Gasteiger partial charge in [0.25, 0.3) is 0 Å². The molecular formula is C14H28N2. The molecule has 2 aliphatic heterocycles. The van der Waals surface area contributed by atoms with Crippen LogP contribution in [0.15, 0.2) is 0 Å². The fourth-order valence-corrected chi connectivity index (χ4v) is 3.56. The number of hydrogen-bond donors (Lipinski definition) is 0. The summed E-state index contributed by atoms with van der Waals surface area (Å²) in [6.07, 6.45) is 8.42. The van der Waals surface area contributed by atoms with Crippen molar-refractivity contribution < 1.29 is 0 Å². The number of likely N-dealkylation sites (tertiary alicyclic amines) is 2. The van der Waals surface area contributed by atoms with Gasteiger partial charge in [-0.2, -0.15) is 0 Å². The molecule has 0 radical (unpaired) electrons. The zero-order valence-corrected chi connectivity index (χ0v) is 11.1. The standard InChI is InChI=1S/C14H28N2/c1-3-13-7-5-9-15(13)11-12-16-10-6-8-14(16)4-2/h13-14H,3-12H2,1-2H3. The Bertz CT molecular complexity index is 183. The van der Waals surface area contributed by atoms with E-state index in [9.17, 15) is 0 Å². The van der Waals surface area contributed by atoms with E-state index in [0.717, 1.165) is 12.1 Å². The molecule has 2 heteroatoms. The van der Waals surface area contributed by atoms with E-state index in [4.69, 9.17) is 0 Å². The molecular weight excluding hydrogens is 196 g/mol. The summed E-state index contributed by atoms with van der Waals surface area (Å²) < 4.78 is 0. The van der Waals surface area contributed by atoms with E-state index in [0.29, 0.717) is 0 Å². The van der Waals surface area contributed by atoms with Crippen LogP contribution in [0.25, 0.3) is 0 Å². The van der Waals surface area contributed by atoms with Crippen LogP contribution in [0, 0.1) is 0 Å². The minimum Gasteiger partial charge on any atom is -0.299 e. The van der Waals surface area contributed by atoms with Gasteiger partial charge in [0.1, 0.15) is 0 Å². The van der Waals surface area contributed by atoms with Gasteiger partial charge in [-0.1, -0.05) is 13.8 Å². The third kappa shape index (κ3) is 2.78. The lowest BCUT2D eigenvalue weighted by Crippen LogP contribution is -2.39. The number of rotatable bonds is 5. The third-order valence-electron chi connectivity index (χ3n) is 4.62. The van der Waals surface area contributed by atoms with Crippen molar-refractivity contribution in [1.82, 2.24) is 9.80 Å². The molecule has 0 bridgehead atoms. The van der Waals surface area contributed by atoms with Crippen LogP contribution < -0.4 is 0 Å². The maximum atomic E-state index is 2.73. The Morgan fingerprint density at radius 1 is 0.812 bits per heavy atom. The largest absolute Gasteiger partial charge is 0.299 e. The zero-order chi connectivity index (χ0) is 11.4. The van der Waals surface area contributed by atoms with Gasteiger partial charge in [-0.3, -0.25) is 9.80 Å². The molecule has 0 amide bonds. The van der Waals surface area contributed by atoms with Gasteiger partial charge in [0, 0.05) is 25.2 Å². The normalized spacial score (nSPS) is 32.6. The SMILES string of the molecule is CCC1CCCN1CCN1CCCC1CC. The first-order valence-electron chi connectivity index (χ1n) is 7.33. The van der Waals surface area contributed by atoms with E-state index in [1.165, 1.54) is 64.7 Å². The van der Waals surface area contributed by atoms with Crippen LogP contribution in [0.4, 0.5) is 0 Å². The quantitative estimate of drug-likeness (QED) is 0.708. The molecule has 0 aliphatic carbocycles. The van der Waals surface area contributed by atoms with Crippen LogP contribution in [0.5, 0.6) is 0 Å². The molecule has 2 nitrogen and oxygen atoms in total. The van der Waals surface area contributed by atoms with Gasteiger partial charge in [0.15, 0.2) is 0 Å². The predicted octanol–water partition coefficient (Wildman–Crippen LogP) is 2.74. The van der Waals surface area contributed by atoms with Crippen molar-refractivity contribution in [3.63, 3.8) is 0 Å². The van der Waals surface area contributed by atoms with Gasteiger partial charge < -0.3 is 0 Å². The average Bonchev–Trinajstić information content (AvgIpc) is 2.94. The minimum absolute atomic E-state index is 0.891.